The van der Waals surface area contributed by atoms with Crippen molar-refractivity contribution in [3.63, 3.8) is 0 Å². The molecule has 0 saturated carbocycles. The standard InChI is InChI=1S/C20H20N4O3/c1-14-21-17-8-7-15(13-18(17)22-14)19(25)23-9-11-24(12-10-23)20(26)27-16-5-3-2-4-6-16/h2-8,13H,9-12H2,1H3,(H,21,22). The van der Waals surface area contributed by atoms with Crippen LogP contribution in [0.4, 0.5) is 4.79 Å². The van der Waals surface area contributed by atoms with Gasteiger partial charge in [-0.2, -0.15) is 0 Å². The molecule has 2 heterocycles. The topological polar surface area (TPSA) is 78.5 Å². The molecule has 1 saturated heterocycles. The third-order valence-electron chi connectivity index (χ3n) is 4.62. The summed E-state index contributed by atoms with van der Waals surface area (Å²) in [6, 6.07) is 14.4. The van der Waals surface area contributed by atoms with Crippen LogP contribution in [0, 0.1) is 6.92 Å². The molecule has 3 aromatic rings. The molecular weight excluding hydrogens is 344 g/mol. The second kappa shape index (κ2) is 7.11. The lowest BCUT2D eigenvalue weighted by Gasteiger charge is -2.34. The quantitative estimate of drug-likeness (QED) is 0.758. The van der Waals surface area contributed by atoms with E-state index < -0.39 is 0 Å². The van der Waals surface area contributed by atoms with E-state index in [2.05, 4.69) is 9.97 Å². The number of hydrogen-bond acceptors (Lipinski definition) is 4. The number of fused-ring (bicyclic) bond motifs is 1. The predicted molar refractivity (Wildman–Crippen MR) is 101 cm³/mol. The SMILES string of the molecule is Cc1nc2ccc(C(=O)N3CCN(C(=O)Oc4ccccc4)CC3)cc2[nH]1. The van der Waals surface area contributed by atoms with Crippen molar-refractivity contribution in [2.24, 2.45) is 0 Å². The fourth-order valence-corrected chi connectivity index (χ4v) is 3.20. The molecule has 0 atom stereocenters. The van der Waals surface area contributed by atoms with E-state index in [1.807, 2.05) is 37.3 Å². The summed E-state index contributed by atoms with van der Waals surface area (Å²) < 4.78 is 5.36. The molecular formula is C20H20N4O3. The number of rotatable bonds is 2. The average molecular weight is 364 g/mol. The molecule has 7 nitrogen and oxygen atoms in total. The first-order valence-electron chi connectivity index (χ1n) is 8.87. The smallest absolute Gasteiger partial charge is 0.410 e. The molecule has 4 rings (SSSR count). The van der Waals surface area contributed by atoms with Gasteiger partial charge >= 0.3 is 6.09 Å². The maximum absolute atomic E-state index is 12.8. The van der Waals surface area contributed by atoms with Crippen LogP contribution in [0.2, 0.25) is 0 Å². The lowest BCUT2D eigenvalue weighted by Crippen LogP contribution is -2.51. The molecule has 27 heavy (non-hydrogen) atoms. The Kier molecular flexibility index (Phi) is 4.50. The number of aryl methyl sites for hydroxylation is 1. The van der Waals surface area contributed by atoms with E-state index >= 15 is 0 Å². The summed E-state index contributed by atoms with van der Waals surface area (Å²) in [6.45, 7) is 3.73. The van der Waals surface area contributed by atoms with Crippen LogP contribution in [0.3, 0.4) is 0 Å². The lowest BCUT2D eigenvalue weighted by molar-refractivity contribution is 0.0633. The first-order valence-corrected chi connectivity index (χ1v) is 8.87. The Morgan fingerprint density at radius 1 is 1.00 bits per heavy atom. The van der Waals surface area contributed by atoms with Crippen LogP contribution in [0.5, 0.6) is 5.75 Å². The number of benzene rings is 2. The van der Waals surface area contributed by atoms with E-state index in [1.165, 1.54) is 0 Å². The zero-order chi connectivity index (χ0) is 18.8. The highest BCUT2D eigenvalue weighted by Gasteiger charge is 2.26. The number of H-pyrrole nitrogens is 1. The summed E-state index contributed by atoms with van der Waals surface area (Å²) in [7, 11) is 0. The van der Waals surface area contributed by atoms with Gasteiger partial charge in [-0.3, -0.25) is 4.79 Å². The molecule has 0 aliphatic carbocycles. The highest BCUT2D eigenvalue weighted by Crippen LogP contribution is 2.17. The van der Waals surface area contributed by atoms with E-state index in [0.29, 0.717) is 37.5 Å². The third kappa shape index (κ3) is 3.62. The van der Waals surface area contributed by atoms with E-state index in [-0.39, 0.29) is 12.0 Å². The number of hydrogen-bond donors (Lipinski definition) is 1. The molecule has 2 amide bonds. The maximum Gasteiger partial charge on any atom is 0.415 e. The zero-order valence-corrected chi connectivity index (χ0v) is 15.0. The number of nitrogens with one attached hydrogen (secondary N) is 1. The van der Waals surface area contributed by atoms with Gasteiger partial charge in [-0.15, -0.1) is 0 Å². The number of ether oxygens (including phenoxy) is 1. The molecule has 138 valence electrons. The Morgan fingerprint density at radius 3 is 2.44 bits per heavy atom. The Hall–Kier alpha value is -3.35. The van der Waals surface area contributed by atoms with E-state index in [9.17, 15) is 9.59 Å². The summed E-state index contributed by atoms with van der Waals surface area (Å²) in [5.74, 6) is 1.30. The van der Waals surface area contributed by atoms with E-state index in [0.717, 1.165) is 16.9 Å². The summed E-state index contributed by atoms with van der Waals surface area (Å²) in [5, 5.41) is 0. The molecule has 2 aromatic carbocycles. The van der Waals surface area contributed by atoms with Crippen LogP contribution in [0.25, 0.3) is 11.0 Å². The first-order chi connectivity index (χ1) is 13.1. The van der Waals surface area contributed by atoms with Crippen LogP contribution in [0.1, 0.15) is 16.2 Å². The lowest BCUT2D eigenvalue weighted by atomic mass is 10.1. The molecule has 0 radical (unpaired) electrons. The van der Waals surface area contributed by atoms with Crippen molar-refractivity contribution in [3.05, 3.63) is 59.9 Å². The predicted octanol–water partition coefficient (Wildman–Crippen LogP) is 2.83. The highest BCUT2D eigenvalue weighted by molar-refractivity contribution is 5.97. The van der Waals surface area contributed by atoms with Crippen molar-refractivity contribution in [3.8, 4) is 5.75 Å². The Labute approximate surface area is 156 Å². The molecule has 0 unspecified atom stereocenters. The van der Waals surface area contributed by atoms with Gasteiger partial charge in [0.15, 0.2) is 0 Å². The summed E-state index contributed by atoms with van der Waals surface area (Å²) in [4.78, 5) is 35.9. The fraction of sp³-hybridized carbons (Fsp3) is 0.250. The number of carbonyl (C=O) groups excluding carboxylic acids is 2. The molecule has 1 N–H and O–H groups in total. The number of aromatic amines is 1. The highest BCUT2D eigenvalue weighted by atomic mass is 16.6. The van der Waals surface area contributed by atoms with Gasteiger partial charge < -0.3 is 19.5 Å². The van der Waals surface area contributed by atoms with Gasteiger partial charge in [-0.25, -0.2) is 9.78 Å². The third-order valence-corrected chi connectivity index (χ3v) is 4.62. The number of amides is 2. The summed E-state index contributed by atoms with van der Waals surface area (Å²) in [6.07, 6.45) is -0.386. The zero-order valence-electron chi connectivity index (χ0n) is 15.0. The minimum atomic E-state index is -0.386. The molecule has 1 aromatic heterocycles. The van der Waals surface area contributed by atoms with E-state index in [4.69, 9.17) is 4.74 Å². The Morgan fingerprint density at radius 2 is 1.70 bits per heavy atom. The average Bonchev–Trinajstić information content (AvgIpc) is 3.07. The fourth-order valence-electron chi connectivity index (χ4n) is 3.20. The van der Waals surface area contributed by atoms with Crippen molar-refractivity contribution >= 4 is 23.0 Å². The first kappa shape index (κ1) is 17.1. The number of imidazole rings is 1. The van der Waals surface area contributed by atoms with Crippen LogP contribution in [-0.4, -0.2) is 57.9 Å². The summed E-state index contributed by atoms with van der Waals surface area (Å²) in [5.41, 5.74) is 2.31. The molecule has 0 bridgehead atoms. The summed E-state index contributed by atoms with van der Waals surface area (Å²) >= 11 is 0. The Balaban J connectivity index is 1.37. The minimum absolute atomic E-state index is 0.0415. The van der Waals surface area contributed by atoms with Gasteiger partial charge in [0.25, 0.3) is 5.91 Å². The van der Waals surface area contributed by atoms with Gasteiger partial charge in [0.2, 0.25) is 0 Å². The van der Waals surface area contributed by atoms with Crippen molar-refractivity contribution in [2.75, 3.05) is 26.2 Å². The van der Waals surface area contributed by atoms with Gasteiger partial charge in [0.1, 0.15) is 11.6 Å². The molecule has 1 aliphatic heterocycles. The number of nitrogens with zero attached hydrogens (tertiary/aromatic N) is 3. The van der Waals surface area contributed by atoms with Gasteiger partial charge in [0, 0.05) is 31.7 Å². The minimum Gasteiger partial charge on any atom is -0.410 e. The van der Waals surface area contributed by atoms with Gasteiger partial charge in [0.05, 0.1) is 11.0 Å². The molecule has 7 heteroatoms. The van der Waals surface area contributed by atoms with Crippen LogP contribution < -0.4 is 4.74 Å². The number of carbonyl (C=O) groups is 2. The molecule has 1 aliphatic rings. The van der Waals surface area contributed by atoms with Crippen LogP contribution in [-0.2, 0) is 0 Å². The number of para-hydroxylation sites is 1. The monoisotopic (exact) mass is 364 g/mol. The normalized spacial score (nSPS) is 14.4. The van der Waals surface area contributed by atoms with Gasteiger partial charge in [-0.1, -0.05) is 18.2 Å². The number of aromatic nitrogens is 2. The number of piperazine rings is 1. The van der Waals surface area contributed by atoms with Crippen molar-refractivity contribution < 1.29 is 14.3 Å². The van der Waals surface area contributed by atoms with Gasteiger partial charge in [-0.05, 0) is 37.3 Å². The largest absolute Gasteiger partial charge is 0.415 e. The van der Waals surface area contributed by atoms with Crippen molar-refractivity contribution in [1.29, 1.82) is 0 Å². The van der Waals surface area contributed by atoms with Crippen LogP contribution >= 0.6 is 0 Å². The molecule has 0 spiro atoms. The van der Waals surface area contributed by atoms with Crippen molar-refractivity contribution in [1.82, 2.24) is 19.8 Å². The maximum atomic E-state index is 12.8. The van der Waals surface area contributed by atoms with Crippen molar-refractivity contribution in [2.45, 2.75) is 6.92 Å². The van der Waals surface area contributed by atoms with E-state index in [1.54, 1.807) is 28.0 Å². The molecule has 1 fully saturated rings. The van der Waals surface area contributed by atoms with Crippen LogP contribution in [0.15, 0.2) is 48.5 Å². The Bertz CT molecular complexity index is 975. The second-order valence-electron chi connectivity index (χ2n) is 6.51. The second-order valence-corrected chi connectivity index (χ2v) is 6.51.